The average Bonchev–Trinajstić information content (AvgIpc) is 2.42. The number of rotatable bonds is 3. The van der Waals surface area contributed by atoms with Gasteiger partial charge in [-0.25, -0.2) is 0 Å². The molecule has 0 radical (unpaired) electrons. The molecule has 2 rings (SSSR count). The van der Waals surface area contributed by atoms with Gasteiger partial charge in [-0.15, -0.1) is 12.4 Å². The number of para-hydroxylation sites is 1. The van der Waals surface area contributed by atoms with Gasteiger partial charge in [-0.1, -0.05) is 48.5 Å². The van der Waals surface area contributed by atoms with Crippen molar-refractivity contribution in [3.63, 3.8) is 0 Å². The maximum absolute atomic E-state index is 9.56. The number of phenolic OH excluding ortho intramolecular Hbond substituents is 1. The van der Waals surface area contributed by atoms with E-state index < -0.39 is 0 Å². The molecule has 4 heteroatoms. The summed E-state index contributed by atoms with van der Waals surface area (Å²) in [4.78, 5) is 0. The van der Waals surface area contributed by atoms with Crippen molar-refractivity contribution in [2.75, 3.05) is 13.7 Å². The van der Waals surface area contributed by atoms with Crippen molar-refractivity contribution in [3.8, 4) is 16.9 Å². The fourth-order valence-electron chi connectivity index (χ4n) is 1.48. The van der Waals surface area contributed by atoms with E-state index in [4.69, 9.17) is 4.74 Å². The van der Waals surface area contributed by atoms with Crippen LogP contribution in [0.5, 0.6) is 5.75 Å². The van der Waals surface area contributed by atoms with E-state index in [1.807, 2.05) is 48.5 Å². The van der Waals surface area contributed by atoms with E-state index >= 15 is 0 Å². The topological polar surface area (TPSA) is 29.5 Å². The van der Waals surface area contributed by atoms with Gasteiger partial charge >= 0.3 is 48.5 Å². The molecule has 2 aromatic rings. The Morgan fingerprint density at radius 2 is 1.58 bits per heavy atom. The summed E-state index contributed by atoms with van der Waals surface area (Å²) in [6.45, 7) is 0.975. The summed E-state index contributed by atoms with van der Waals surface area (Å²) in [5, 5.41) is 9.56. The van der Waals surface area contributed by atoms with Gasteiger partial charge in [-0.3, -0.25) is 0 Å². The number of methoxy groups -OCH3 is 1. The number of phenols is 1. The zero-order valence-corrected chi connectivity index (χ0v) is 17.4. The van der Waals surface area contributed by atoms with Crippen LogP contribution in [0.25, 0.3) is 11.1 Å². The van der Waals surface area contributed by atoms with E-state index in [1.165, 1.54) is 3.93 Å². The van der Waals surface area contributed by atoms with E-state index in [2.05, 4.69) is 0 Å². The summed E-state index contributed by atoms with van der Waals surface area (Å²) >= 11 is 0.948. The van der Waals surface area contributed by atoms with Crippen LogP contribution in [-0.4, -0.2) is 18.8 Å². The second-order valence-corrected chi connectivity index (χ2v) is 6.48. The van der Waals surface area contributed by atoms with Crippen molar-refractivity contribution in [1.29, 1.82) is 0 Å². The van der Waals surface area contributed by atoms with Gasteiger partial charge in [0.15, 0.2) is 0 Å². The molecule has 0 aliphatic carbocycles. The van der Waals surface area contributed by atoms with Gasteiger partial charge in [0.2, 0.25) is 0 Å². The Balaban J connectivity index is 0.000000471. The molecule has 0 aromatic heterocycles. The third-order valence-electron chi connectivity index (χ3n) is 2.34. The summed E-state index contributed by atoms with van der Waals surface area (Å²) in [6, 6.07) is 17.2. The molecule has 0 spiro atoms. The second kappa shape index (κ2) is 11.3. The molecule has 0 saturated heterocycles. The van der Waals surface area contributed by atoms with Crippen molar-refractivity contribution in [2.24, 2.45) is 0 Å². The van der Waals surface area contributed by atoms with Crippen molar-refractivity contribution < 1.29 is 36.0 Å². The predicted molar refractivity (Wildman–Crippen MR) is 77.5 cm³/mol. The van der Waals surface area contributed by atoms with Gasteiger partial charge in [0, 0.05) is 5.56 Å². The van der Waals surface area contributed by atoms with Gasteiger partial charge in [-0.05, 0) is 11.6 Å². The summed E-state index contributed by atoms with van der Waals surface area (Å²) in [5.74, 6) is 0.328. The van der Waals surface area contributed by atoms with Crippen LogP contribution >= 0.6 is 12.4 Å². The van der Waals surface area contributed by atoms with Gasteiger partial charge < -0.3 is 5.11 Å². The van der Waals surface area contributed by atoms with Crippen molar-refractivity contribution >= 4 is 12.4 Å². The molecule has 2 nitrogen and oxygen atoms in total. The van der Waals surface area contributed by atoms with Crippen LogP contribution in [0.15, 0.2) is 54.6 Å². The third kappa shape index (κ3) is 6.95. The van der Waals surface area contributed by atoms with Crippen LogP contribution in [0.4, 0.5) is 0 Å². The van der Waals surface area contributed by atoms with E-state index in [9.17, 15) is 5.11 Å². The molecule has 0 saturated carbocycles. The minimum absolute atomic E-state index is 0. The van der Waals surface area contributed by atoms with E-state index in [0.29, 0.717) is 5.75 Å². The molecule has 0 atom stereocenters. The number of hydrogen-bond acceptors (Lipinski definition) is 2. The van der Waals surface area contributed by atoms with Crippen molar-refractivity contribution in [1.82, 2.24) is 0 Å². The smallest absolute Gasteiger partial charge is 0.123 e. The molecule has 0 unspecified atom stereocenters. The molecule has 0 heterocycles. The Hall–Kier alpha value is -0.575. The van der Waals surface area contributed by atoms with Crippen molar-refractivity contribution in [3.05, 3.63) is 54.6 Å². The SMILES string of the molecule is COC[CH2][Hg].Cl.Oc1ccccc1-c1ccccc1. The maximum Gasteiger partial charge on any atom is 0.123 e. The normalized spacial score (nSPS) is 9.00. The monoisotopic (exact) mass is 467 g/mol. The summed E-state index contributed by atoms with van der Waals surface area (Å²) < 4.78 is 6.06. The first-order valence-electron chi connectivity index (χ1n) is 5.91. The maximum atomic E-state index is 9.56. The van der Waals surface area contributed by atoms with Gasteiger partial charge in [0.25, 0.3) is 0 Å². The summed E-state index contributed by atoms with van der Waals surface area (Å²) in [5.41, 5.74) is 1.92. The average molecular weight is 466 g/mol. The molecule has 0 aliphatic rings. The minimum Gasteiger partial charge on any atom is -0.507 e. The summed E-state index contributed by atoms with van der Waals surface area (Å²) in [6.07, 6.45) is 0. The zero-order chi connectivity index (χ0) is 13.2. The fraction of sp³-hybridized carbons (Fsp3) is 0.200. The Morgan fingerprint density at radius 1 is 1.00 bits per heavy atom. The first-order chi connectivity index (χ1) is 8.79. The molecular formula is C15H18ClHgO2. The van der Waals surface area contributed by atoms with Gasteiger partial charge in [0.1, 0.15) is 5.75 Å². The Labute approximate surface area is 137 Å². The standard InChI is InChI=1S/C12H10O.C3H7O.ClH.Hg/c13-12-9-5-4-8-11(12)10-6-2-1-3-7-10;1-3-4-2;;/h1-9,13H;1,3H2,2H3;1H;. The van der Waals surface area contributed by atoms with Crippen LogP contribution < -0.4 is 0 Å². The second-order valence-electron chi connectivity index (χ2n) is 3.73. The summed E-state index contributed by atoms with van der Waals surface area (Å²) in [7, 11) is 1.74. The first kappa shape index (κ1) is 18.4. The van der Waals surface area contributed by atoms with E-state index in [0.717, 1.165) is 43.9 Å². The number of benzene rings is 2. The number of hydrogen-bond donors (Lipinski definition) is 1. The minimum atomic E-state index is 0. The molecule has 0 fully saturated rings. The Bertz CT molecular complexity index is 447. The van der Waals surface area contributed by atoms with E-state index in [1.54, 1.807) is 13.2 Å². The largest absolute Gasteiger partial charge is 0.507 e. The zero-order valence-electron chi connectivity index (χ0n) is 11.1. The molecule has 0 aliphatic heterocycles. The van der Waals surface area contributed by atoms with Crippen molar-refractivity contribution in [2.45, 2.75) is 3.93 Å². The molecule has 19 heavy (non-hydrogen) atoms. The third-order valence-corrected chi connectivity index (χ3v) is 3.46. The predicted octanol–water partition coefficient (Wildman–Crippen LogP) is 4.08. The van der Waals surface area contributed by atoms with Crippen LogP contribution in [0.2, 0.25) is 3.93 Å². The molecule has 99 valence electrons. The molecule has 0 bridgehead atoms. The molecule has 2 aromatic carbocycles. The molecule has 0 amide bonds. The fourth-order valence-corrected chi connectivity index (χ4v) is 2.60. The number of aromatic hydroxyl groups is 1. The van der Waals surface area contributed by atoms with Gasteiger partial charge in [-0.2, -0.15) is 0 Å². The van der Waals surface area contributed by atoms with Gasteiger partial charge in [0.05, 0.1) is 0 Å². The van der Waals surface area contributed by atoms with Crippen LogP contribution in [0, 0.1) is 0 Å². The Kier molecular flexibility index (Phi) is 10.9. The number of ether oxygens (including phenoxy) is 1. The van der Waals surface area contributed by atoms with E-state index in [-0.39, 0.29) is 12.4 Å². The Morgan fingerprint density at radius 3 is 2.05 bits per heavy atom. The van der Waals surface area contributed by atoms with Crippen LogP contribution in [-0.2, 0) is 30.9 Å². The quantitative estimate of drug-likeness (QED) is 0.692. The van der Waals surface area contributed by atoms with Crippen LogP contribution in [0.3, 0.4) is 0 Å². The molecule has 1 N–H and O–H groups in total. The number of halogens is 1. The van der Waals surface area contributed by atoms with Crippen LogP contribution in [0.1, 0.15) is 0 Å². The first-order valence-corrected chi connectivity index (χ1v) is 9.80. The molecular weight excluding hydrogens is 448 g/mol.